The van der Waals surface area contributed by atoms with Crippen LogP contribution in [0, 0.1) is 11.2 Å². The minimum Gasteiger partial charge on any atom is -0.396 e. The molecule has 28 heavy (non-hydrogen) atoms. The predicted octanol–water partition coefficient (Wildman–Crippen LogP) is 2.81. The van der Waals surface area contributed by atoms with E-state index in [2.05, 4.69) is 15.6 Å². The molecule has 0 amide bonds. The molecule has 6 nitrogen and oxygen atoms in total. The van der Waals surface area contributed by atoms with E-state index in [-0.39, 0.29) is 41.8 Å². The number of aliphatic hydroxyl groups excluding tert-OH is 1. The van der Waals surface area contributed by atoms with Gasteiger partial charge in [0.1, 0.15) is 5.82 Å². The van der Waals surface area contributed by atoms with Gasteiger partial charge in [0.2, 0.25) is 0 Å². The van der Waals surface area contributed by atoms with Gasteiger partial charge in [0.15, 0.2) is 5.96 Å². The quantitative estimate of drug-likeness (QED) is 0.253. The van der Waals surface area contributed by atoms with Gasteiger partial charge in [-0.1, -0.05) is 0 Å². The Labute approximate surface area is 182 Å². The number of hydrogen-bond donors (Lipinski definition) is 4. The van der Waals surface area contributed by atoms with Crippen LogP contribution in [0.2, 0.25) is 0 Å². The Balaban J connectivity index is 0.00000280. The summed E-state index contributed by atoms with van der Waals surface area (Å²) in [6.07, 6.45) is 4.38. The molecule has 0 radical (unpaired) electrons. The average molecular weight is 504 g/mol. The molecular weight excluding hydrogens is 474 g/mol. The Hall–Kier alpha value is -1.39. The lowest BCUT2D eigenvalue weighted by Crippen LogP contribution is -2.39. The molecule has 1 aromatic heterocycles. The topological polar surface area (TPSA) is 81.7 Å². The monoisotopic (exact) mass is 504 g/mol. The Morgan fingerprint density at radius 3 is 2.96 bits per heavy atom. The third kappa shape index (κ3) is 5.81. The molecule has 1 unspecified atom stereocenters. The second-order valence-corrected chi connectivity index (χ2v) is 7.15. The predicted molar refractivity (Wildman–Crippen MR) is 121 cm³/mol. The van der Waals surface area contributed by atoms with Crippen molar-refractivity contribution in [3.05, 3.63) is 35.8 Å². The highest BCUT2D eigenvalue weighted by molar-refractivity contribution is 14.0. The molecule has 1 aliphatic rings. The van der Waals surface area contributed by atoms with E-state index in [1.165, 1.54) is 12.1 Å². The van der Waals surface area contributed by atoms with Gasteiger partial charge in [-0.15, -0.1) is 24.0 Å². The van der Waals surface area contributed by atoms with Crippen molar-refractivity contribution in [1.29, 1.82) is 0 Å². The van der Waals surface area contributed by atoms with Crippen LogP contribution < -0.4 is 10.6 Å². The van der Waals surface area contributed by atoms with Crippen LogP contribution in [0.5, 0.6) is 0 Å². The van der Waals surface area contributed by atoms with Crippen LogP contribution in [-0.4, -0.2) is 55.5 Å². The summed E-state index contributed by atoms with van der Waals surface area (Å²) in [5.74, 6) is 0.538. The van der Waals surface area contributed by atoms with Gasteiger partial charge in [-0.05, 0) is 49.9 Å². The number of aromatic nitrogens is 1. The van der Waals surface area contributed by atoms with Crippen molar-refractivity contribution in [2.45, 2.75) is 26.2 Å². The van der Waals surface area contributed by atoms with Crippen molar-refractivity contribution in [2.24, 2.45) is 10.4 Å². The zero-order valence-electron chi connectivity index (χ0n) is 16.3. The molecule has 1 fully saturated rings. The van der Waals surface area contributed by atoms with E-state index in [0.29, 0.717) is 19.6 Å². The van der Waals surface area contributed by atoms with Crippen molar-refractivity contribution in [3.8, 4) is 0 Å². The summed E-state index contributed by atoms with van der Waals surface area (Å²) in [4.78, 5) is 7.85. The third-order valence-corrected chi connectivity index (χ3v) is 5.16. The molecule has 1 aromatic carbocycles. The van der Waals surface area contributed by atoms with Gasteiger partial charge >= 0.3 is 0 Å². The smallest absolute Gasteiger partial charge is 0.191 e. The van der Waals surface area contributed by atoms with Crippen LogP contribution in [0.25, 0.3) is 10.9 Å². The number of aromatic amines is 1. The van der Waals surface area contributed by atoms with Gasteiger partial charge in [0, 0.05) is 48.8 Å². The maximum atomic E-state index is 13.3. The first-order chi connectivity index (χ1) is 13.2. The van der Waals surface area contributed by atoms with E-state index in [0.717, 1.165) is 55.0 Å². The highest BCUT2D eigenvalue weighted by atomic mass is 127. The first kappa shape index (κ1) is 22.9. The molecule has 0 saturated carbocycles. The summed E-state index contributed by atoms with van der Waals surface area (Å²) in [7, 11) is 0. The highest BCUT2D eigenvalue weighted by Gasteiger charge is 2.34. The molecule has 1 saturated heterocycles. The minimum atomic E-state index is -0.233. The fraction of sp³-hybridized carbons (Fsp3) is 0.550. The van der Waals surface area contributed by atoms with Crippen molar-refractivity contribution in [3.63, 3.8) is 0 Å². The van der Waals surface area contributed by atoms with Gasteiger partial charge in [0.25, 0.3) is 0 Å². The molecule has 3 rings (SSSR count). The molecule has 2 aromatic rings. The molecule has 156 valence electrons. The molecule has 0 spiro atoms. The van der Waals surface area contributed by atoms with Crippen LogP contribution in [0.3, 0.4) is 0 Å². The van der Waals surface area contributed by atoms with Crippen LogP contribution in [-0.2, 0) is 11.2 Å². The van der Waals surface area contributed by atoms with Crippen molar-refractivity contribution in [1.82, 2.24) is 15.6 Å². The number of aliphatic hydroxyl groups is 1. The van der Waals surface area contributed by atoms with Gasteiger partial charge in [-0.25, -0.2) is 4.39 Å². The first-order valence-corrected chi connectivity index (χ1v) is 9.62. The molecule has 4 N–H and O–H groups in total. The number of H-pyrrole nitrogens is 1. The number of benzene rings is 1. The molecule has 1 aliphatic heterocycles. The lowest BCUT2D eigenvalue weighted by molar-refractivity contribution is 0.131. The molecule has 8 heteroatoms. The Morgan fingerprint density at radius 1 is 1.39 bits per heavy atom. The van der Waals surface area contributed by atoms with Crippen molar-refractivity contribution < 1.29 is 14.2 Å². The summed E-state index contributed by atoms with van der Waals surface area (Å²) in [5, 5.41) is 17.0. The normalized spacial score (nSPS) is 19.6. The van der Waals surface area contributed by atoms with E-state index in [1.54, 1.807) is 0 Å². The number of aliphatic imine (C=N–C) groups is 1. The maximum absolute atomic E-state index is 13.3. The SMILES string of the molecule is CCNC(=NCC1(CCO)CCOC1)NCCc1c[nH]c2cc(F)ccc12.I. The van der Waals surface area contributed by atoms with E-state index in [4.69, 9.17) is 9.73 Å². The lowest BCUT2D eigenvalue weighted by atomic mass is 9.84. The Morgan fingerprint density at radius 2 is 2.25 bits per heavy atom. The molecule has 2 heterocycles. The highest BCUT2D eigenvalue weighted by Crippen LogP contribution is 2.32. The molecular formula is C20H30FIN4O2. The third-order valence-electron chi connectivity index (χ3n) is 5.16. The van der Waals surface area contributed by atoms with E-state index in [1.807, 2.05) is 19.2 Å². The zero-order valence-corrected chi connectivity index (χ0v) is 18.6. The van der Waals surface area contributed by atoms with Crippen LogP contribution in [0.1, 0.15) is 25.3 Å². The fourth-order valence-electron chi connectivity index (χ4n) is 3.56. The van der Waals surface area contributed by atoms with E-state index in [9.17, 15) is 9.50 Å². The number of guanidine groups is 1. The summed E-state index contributed by atoms with van der Waals surface area (Å²) in [5.41, 5.74) is 1.91. The van der Waals surface area contributed by atoms with Crippen molar-refractivity contribution in [2.75, 3.05) is 39.5 Å². The summed E-state index contributed by atoms with van der Waals surface area (Å²) in [6, 6.07) is 4.82. The largest absolute Gasteiger partial charge is 0.396 e. The van der Waals surface area contributed by atoms with Crippen LogP contribution in [0.15, 0.2) is 29.4 Å². The fourth-order valence-corrected chi connectivity index (χ4v) is 3.56. The standard InChI is InChI=1S/C20H29FN4O2.HI/c1-2-22-19(25-13-20(6-9-26)7-10-27-14-20)23-8-5-15-12-24-18-11-16(21)3-4-17(15)18;/h3-4,11-12,24,26H,2,5-10,13-14H2,1H3,(H2,22,23,25);1H. The number of ether oxygens (including phenoxy) is 1. The second-order valence-electron chi connectivity index (χ2n) is 7.15. The molecule has 1 atom stereocenters. The number of fused-ring (bicyclic) bond motifs is 1. The minimum absolute atomic E-state index is 0. The summed E-state index contributed by atoms with van der Waals surface area (Å²) >= 11 is 0. The lowest BCUT2D eigenvalue weighted by Gasteiger charge is -2.24. The van der Waals surface area contributed by atoms with Gasteiger partial charge in [-0.3, -0.25) is 4.99 Å². The summed E-state index contributed by atoms with van der Waals surface area (Å²) < 4.78 is 18.8. The number of halogens is 2. The Bertz CT molecular complexity index is 775. The zero-order chi connectivity index (χ0) is 19.1. The maximum Gasteiger partial charge on any atom is 0.191 e. The number of hydrogen-bond acceptors (Lipinski definition) is 3. The molecule has 0 aliphatic carbocycles. The van der Waals surface area contributed by atoms with E-state index < -0.39 is 0 Å². The van der Waals surface area contributed by atoms with Gasteiger partial charge in [-0.2, -0.15) is 0 Å². The number of nitrogens with one attached hydrogen (secondary N) is 3. The Kier molecular flexibility index (Phi) is 8.97. The second kappa shape index (κ2) is 11.0. The van der Waals surface area contributed by atoms with Crippen LogP contribution in [0.4, 0.5) is 4.39 Å². The number of nitrogens with zero attached hydrogens (tertiary/aromatic N) is 1. The van der Waals surface area contributed by atoms with E-state index >= 15 is 0 Å². The molecule has 0 bridgehead atoms. The van der Waals surface area contributed by atoms with Gasteiger partial charge < -0.3 is 25.5 Å². The average Bonchev–Trinajstić information content (AvgIpc) is 3.27. The summed E-state index contributed by atoms with van der Waals surface area (Å²) in [6.45, 7) is 5.72. The first-order valence-electron chi connectivity index (χ1n) is 9.62. The van der Waals surface area contributed by atoms with Crippen LogP contribution >= 0.6 is 24.0 Å². The van der Waals surface area contributed by atoms with Gasteiger partial charge in [0.05, 0.1) is 13.2 Å². The number of rotatable bonds is 8. The van der Waals surface area contributed by atoms with Crippen molar-refractivity contribution >= 4 is 40.8 Å².